The minimum Gasteiger partial charge on any atom is -0.478 e. The molecule has 0 spiro atoms. The Bertz CT molecular complexity index is 1030. The van der Waals surface area contributed by atoms with Crippen molar-refractivity contribution in [3.8, 4) is 0 Å². The van der Waals surface area contributed by atoms with Crippen molar-refractivity contribution in [1.82, 2.24) is 4.90 Å². The SMILES string of the molecule is CC1=C(C(=O)O)C(c2cccc(Cl)c2)C(C(=O)O)=C(C)N1CC=Cc1ccccc1. The summed E-state index contributed by atoms with van der Waals surface area (Å²) < 4.78 is 0. The number of aliphatic carboxylic acids is 2. The molecule has 0 saturated carbocycles. The zero-order valence-corrected chi connectivity index (χ0v) is 17.4. The fraction of sp³-hybridized carbons (Fsp3) is 0.167. The molecular formula is C24H22ClNO4. The van der Waals surface area contributed by atoms with E-state index in [0.717, 1.165) is 5.56 Å². The second kappa shape index (κ2) is 9.01. The van der Waals surface area contributed by atoms with E-state index in [2.05, 4.69) is 0 Å². The van der Waals surface area contributed by atoms with Gasteiger partial charge in [-0.25, -0.2) is 9.59 Å². The van der Waals surface area contributed by atoms with Crippen molar-refractivity contribution < 1.29 is 19.8 Å². The third kappa shape index (κ3) is 4.31. The molecule has 5 nitrogen and oxygen atoms in total. The van der Waals surface area contributed by atoms with Crippen molar-refractivity contribution in [2.75, 3.05) is 6.54 Å². The lowest BCUT2D eigenvalue weighted by molar-refractivity contribution is -0.133. The quantitative estimate of drug-likeness (QED) is 0.670. The molecule has 0 saturated heterocycles. The lowest BCUT2D eigenvalue weighted by Crippen LogP contribution is -2.34. The Kier molecular flexibility index (Phi) is 6.43. The van der Waals surface area contributed by atoms with E-state index in [1.54, 1.807) is 43.0 Å². The molecule has 0 atom stereocenters. The summed E-state index contributed by atoms with van der Waals surface area (Å²) in [4.78, 5) is 26.1. The number of halogens is 1. The van der Waals surface area contributed by atoms with Gasteiger partial charge in [0.2, 0.25) is 0 Å². The molecule has 3 rings (SSSR count). The zero-order valence-electron chi connectivity index (χ0n) is 16.7. The van der Waals surface area contributed by atoms with Crippen LogP contribution in [0, 0.1) is 0 Å². The van der Waals surface area contributed by atoms with Crippen LogP contribution in [0.3, 0.4) is 0 Å². The van der Waals surface area contributed by atoms with E-state index in [1.165, 1.54) is 0 Å². The van der Waals surface area contributed by atoms with Gasteiger partial charge in [0.15, 0.2) is 0 Å². The van der Waals surface area contributed by atoms with Crippen LogP contribution in [0.4, 0.5) is 0 Å². The standard InChI is InChI=1S/C24H22ClNO4/c1-15-20(23(27)28)22(18-11-6-12-19(25)14-18)21(24(29)30)16(2)26(15)13-7-10-17-8-4-3-5-9-17/h3-12,14,22H,13H2,1-2H3,(H,27,28)(H,29,30). The summed E-state index contributed by atoms with van der Waals surface area (Å²) in [5, 5.41) is 20.4. The van der Waals surface area contributed by atoms with Crippen molar-refractivity contribution in [2.45, 2.75) is 19.8 Å². The Hall–Kier alpha value is -3.31. The molecule has 0 unspecified atom stereocenters. The first-order valence-corrected chi connectivity index (χ1v) is 9.81. The summed E-state index contributed by atoms with van der Waals surface area (Å²) >= 11 is 6.10. The number of rotatable bonds is 6. The molecule has 0 aliphatic carbocycles. The topological polar surface area (TPSA) is 77.8 Å². The van der Waals surface area contributed by atoms with Gasteiger partial charge in [-0.2, -0.15) is 0 Å². The van der Waals surface area contributed by atoms with E-state index in [0.29, 0.717) is 28.5 Å². The molecule has 2 aromatic carbocycles. The van der Waals surface area contributed by atoms with Crippen LogP contribution >= 0.6 is 11.6 Å². The van der Waals surface area contributed by atoms with Crippen molar-refractivity contribution in [2.24, 2.45) is 0 Å². The molecule has 0 radical (unpaired) electrons. The summed E-state index contributed by atoms with van der Waals surface area (Å²) in [6.45, 7) is 3.77. The fourth-order valence-corrected chi connectivity index (χ4v) is 4.01. The first-order chi connectivity index (χ1) is 14.3. The third-order valence-corrected chi connectivity index (χ3v) is 5.44. The number of carbonyl (C=O) groups is 2. The maximum atomic E-state index is 12.2. The van der Waals surface area contributed by atoms with Crippen molar-refractivity contribution in [1.29, 1.82) is 0 Å². The van der Waals surface area contributed by atoms with Crippen LogP contribution in [-0.2, 0) is 9.59 Å². The van der Waals surface area contributed by atoms with E-state index >= 15 is 0 Å². The highest BCUT2D eigenvalue weighted by molar-refractivity contribution is 6.30. The number of carboxylic acids is 2. The molecule has 2 aromatic rings. The zero-order chi connectivity index (χ0) is 21.8. The van der Waals surface area contributed by atoms with E-state index in [9.17, 15) is 19.8 Å². The van der Waals surface area contributed by atoms with Gasteiger partial charge in [-0.15, -0.1) is 0 Å². The number of carboxylic acid groups (broad SMARTS) is 2. The molecule has 6 heteroatoms. The maximum Gasteiger partial charge on any atom is 0.334 e. The van der Waals surface area contributed by atoms with Gasteiger partial charge in [-0.3, -0.25) is 0 Å². The Balaban J connectivity index is 2.08. The first kappa shape index (κ1) is 21.4. The van der Waals surface area contributed by atoms with Crippen LogP contribution in [0.15, 0.2) is 83.2 Å². The molecule has 154 valence electrons. The number of nitrogens with zero attached hydrogens (tertiary/aromatic N) is 1. The molecule has 1 aliphatic rings. The van der Waals surface area contributed by atoms with E-state index < -0.39 is 17.9 Å². The predicted octanol–water partition coefficient (Wildman–Crippen LogP) is 5.17. The second-order valence-electron chi connectivity index (χ2n) is 7.02. The van der Waals surface area contributed by atoms with Gasteiger partial charge in [-0.05, 0) is 37.1 Å². The minimum absolute atomic E-state index is 0.0355. The molecule has 0 bridgehead atoms. The Morgan fingerprint density at radius 3 is 2.10 bits per heavy atom. The van der Waals surface area contributed by atoms with Gasteiger partial charge in [0.05, 0.1) is 17.1 Å². The van der Waals surface area contributed by atoms with Crippen molar-refractivity contribution in [3.63, 3.8) is 0 Å². The Labute approximate surface area is 180 Å². The highest BCUT2D eigenvalue weighted by atomic mass is 35.5. The van der Waals surface area contributed by atoms with Crippen LogP contribution < -0.4 is 0 Å². The van der Waals surface area contributed by atoms with Gasteiger partial charge in [-0.1, -0.05) is 66.2 Å². The molecule has 2 N–H and O–H groups in total. The number of hydrogen-bond donors (Lipinski definition) is 2. The van der Waals surface area contributed by atoms with E-state index in [4.69, 9.17) is 11.6 Å². The lowest BCUT2D eigenvalue weighted by Gasteiger charge is -2.36. The summed E-state index contributed by atoms with van der Waals surface area (Å²) in [6, 6.07) is 16.4. The fourth-order valence-electron chi connectivity index (χ4n) is 3.81. The molecule has 1 aliphatic heterocycles. The highest BCUT2D eigenvalue weighted by Gasteiger charge is 2.39. The summed E-state index contributed by atoms with van der Waals surface area (Å²) in [7, 11) is 0. The molecule has 30 heavy (non-hydrogen) atoms. The maximum absolute atomic E-state index is 12.2. The van der Waals surface area contributed by atoms with Crippen LogP contribution in [0.2, 0.25) is 5.02 Å². The monoisotopic (exact) mass is 423 g/mol. The predicted molar refractivity (Wildman–Crippen MR) is 117 cm³/mol. The van der Waals surface area contributed by atoms with Crippen LogP contribution in [0.1, 0.15) is 30.9 Å². The first-order valence-electron chi connectivity index (χ1n) is 9.44. The molecule has 1 heterocycles. The van der Waals surface area contributed by atoms with Gasteiger partial charge in [0.1, 0.15) is 0 Å². The molecule has 0 aromatic heterocycles. The van der Waals surface area contributed by atoms with Crippen LogP contribution in [0.25, 0.3) is 6.08 Å². The van der Waals surface area contributed by atoms with Gasteiger partial charge >= 0.3 is 11.9 Å². The Morgan fingerprint density at radius 2 is 1.57 bits per heavy atom. The van der Waals surface area contributed by atoms with Crippen LogP contribution in [0.5, 0.6) is 0 Å². The minimum atomic E-state index is -1.15. The molecular weight excluding hydrogens is 402 g/mol. The van der Waals surface area contributed by atoms with E-state index in [-0.39, 0.29) is 11.1 Å². The summed E-state index contributed by atoms with van der Waals surface area (Å²) in [5.41, 5.74) is 2.63. The summed E-state index contributed by atoms with van der Waals surface area (Å²) in [5.74, 6) is -3.21. The largest absolute Gasteiger partial charge is 0.478 e. The smallest absolute Gasteiger partial charge is 0.334 e. The summed E-state index contributed by atoms with van der Waals surface area (Å²) in [6.07, 6.45) is 3.81. The van der Waals surface area contributed by atoms with Crippen molar-refractivity contribution in [3.05, 3.63) is 99.4 Å². The number of benzene rings is 2. The second-order valence-corrected chi connectivity index (χ2v) is 7.46. The number of allylic oxidation sites excluding steroid dienone is 2. The average molecular weight is 424 g/mol. The van der Waals surface area contributed by atoms with Gasteiger partial charge in [0, 0.05) is 23.0 Å². The average Bonchev–Trinajstić information content (AvgIpc) is 2.70. The third-order valence-electron chi connectivity index (χ3n) is 5.21. The number of hydrogen-bond acceptors (Lipinski definition) is 3. The molecule has 0 fully saturated rings. The van der Waals surface area contributed by atoms with Gasteiger partial charge in [0.25, 0.3) is 0 Å². The van der Waals surface area contributed by atoms with E-state index in [1.807, 2.05) is 42.5 Å². The van der Waals surface area contributed by atoms with Crippen LogP contribution in [-0.4, -0.2) is 33.6 Å². The van der Waals surface area contributed by atoms with Crippen molar-refractivity contribution >= 4 is 29.6 Å². The lowest BCUT2D eigenvalue weighted by atomic mass is 9.80. The van der Waals surface area contributed by atoms with Gasteiger partial charge < -0.3 is 15.1 Å². The molecule has 0 amide bonds. The highest BCUT2D eigenvalue weighted by Crippen LogP contribution is 2.42. The Morgan fingerprint density at radius 1 is 0.967 bits per heavy atom. The normalized spacial score (nSPS) is 15.2.